The van der Waals surface area contributed by atoms with Crippen molar-refractivity contribution in [3.63, 3.8) is 0 Å². The van der Waals surface area contributed by atoms with Crippen LogP contribution in [-0.2, 0) is 6.42 Å². The molecule has 34 heavy (non-hydrogen) atoms. The molecule has 0 radical (unpaired) electrons. The zero-order valence-electron chi connectivity index (χ0n) is 20.3. The van der Waals surface area contributed by atoms with Crippen molar-refractivity contribution in [2.75, 3.05) is 0 Å². The Hall–Kier alpha value is -3.26. The van der Waals surface area contributed by atoms with Crippen LogP contribution < -0.4 is 0 Å². The summed E-state index contributed by atoms with van der Waals surface area (Å²) in [6, 6.07) is 23.9. The average molecular weight is 447 g/mol. The highest BCUT2D eigenvalue weighted by molar-refractivity contribution is 6.15. The van der Waals surface area contributed by atoms with E-state index >= 15 is 0 Å². The molecule has 2 nitrogen and oxygen atoms in total. The molecule has 172 valence electrons. The second kappa shape index (κ2) is 10.8. The SMILES string of the molecule is CCCCCCCCCCc1ccc2c(c1)ncc1c3ccc(-c4ccccc4)cc3ncc21. The molecule has 0 aliphatic carbocycles. The lowest BCUT2D eigenvalue weighted by atomic mass is 9.99. The van der Waals surface area contributed by atoms with E-state index < -0.39 is 0 Å². The molecule has 0 spiro atoms. The Bertz CT molecular complexity index is 1390. The number of benzene rings is 3. The van der Waals surface area contributed by atoms with Crippen LogP contribution in [0.2, 0.25) is 0 Å². The van der Waals surface area contributed by atoms with Gasteiger partial charge < -0.3 is 0 Å². The van der Waals surface area contributed by atoms with Gasteiger partial charge in [-0.2, -0.15) is 0 Å². The number of hydrogen-bond acceptors (Lipinski definition) is 2. The molecule has 0 N–H and O–H groups in total. The maximum atomic E-state index is 4.86. The minimum atomic E-state index is 1.02. The predicted molar refractivity (Wildman–Crippen MR) is 146 cm³/mol. The highest BCUT2D eigenvalue weighted by Gasteiger charge is 2.09. The van der Waals surface area contributed by atoms with E-state index in [4.69, 9.17) is 9.97 Å². The summed E-state index contributed by atoms with van der Waals surface area (Å²) in [6.07, 6.45) is 16.1. The number of unbranched alkanes of at least 4 members (excludes halogenated alkanes) is 7. The molecule has 0 bridgehead atoms. The molecule has 5 aromatic rings. The van der Waals surface area contributed by atoms with Gasteiger partial charge in [0.2, 0.25) is 0 Å². The van der Waals surface area contributed by atoms with Crippen LogP contribution in [0.4, 0.5) is 0 Å². The predicted octanol–water partition coefficient (Wildman–Crippen LogP) is 9.29. The van der Waals surface area contributed by atoms with Crippen molar-refractivity contribution in [3.05, 3.63) is 84.7 Å². The van der Waals surface area contributed by atoms with Gasteiger partial charge in [0.25, 0.3) is 0 Å². The topological polar surface area (TPSA) is 25.8 Å². The van der Waals surface area contributed by atoms with Gasteiger partial charge in [0, 0.05) is 33.9 Å². The van der Waals surface area contributed by atoms with E-state index in [9.17, 15) is 0 Å². The first-order valence-corrected chi connectivity index (χ1v) is 13.0. The number of fused-ring (bicyclic) bond motifs is 5. The molecule has 3 aromatic carbocycles. The van der Waals surface area contributed by atoms with E-state index in [1.54, 1.807) is 0 Å². The molecule has 0 fully saturated rings. The van der Waals surface area contributed by atoms with Gasteiger partial charge >= 0.3 is 0 Å². The van der Waals surface area contributed by atoms with E-state index in [1.807, 2.05) is 18.5 Å². The van der Waals surface area contributed by atoms with Gasteiger partial charge in [0.05, 0.1) is 11.0 Å². The van der Waals surface area contributed by atoms with Gasteiger partial charge in [-0.05, 0) is 41.7 Å². The summed E-state index contributed by atoms with van der Waals surface area (Å²) in [5.74, 6) is 0. The largest absolute Gasteiger partial charge is 0.256 e. The van der Waals surface area contributed by atoms with Gasteiger partial charge in [-0.1, -0.05) is 106 Å². The van der Waals surface area contributed by atoms with Crippen LogP contribution in [0.1, 0.15) is 63.9 Å². The van der Waals surface area contributed by atoms with Crippen molar-refractivity contribution in [2.45, 2.75) is 64.7 Å². The molecular weight excluding hydrogens is 412 g/mol. The molecule has 0 saturated carbocycles. The zero-order valence-corrected chi connectivity index (χ0v) is 20.3. The Morgan fingerprint density at radius 2 is 1.15 bits per heavy atom. The Morgan fingerprint density at radius 1 is 0.529 bits per heavy atom. The van der Waals surface area contributed by atoms with E-state index in [-0.39, 0.29) is 0 Å². The van der Waals surface area contributed by atoms with Gasteiger partial charge in [-0.3, -0.25) is 9.97 Å². The molecule has 2 heteroatoms. The molecule has 2 aromatic heterocycles. The maximum Gasteiger partial charge on any atom is 0.0715 e. The Kier molecular flexibility index (Phi) is 7.14. The maximum absolute atomic E-state index is 4.86. The van der Waals surface area contributed by atoms with Gasteiger partial charge in [-0.15, -0.1) is 0 Å². The number of aryl methyl sites for hydroxylation is 1. The first-order chi connectivity index (χ1) is 16.8. The summed E-state index contributed by atoms with van der Waals surface area (Å²) in [5, 5.41) is 4.71. The summed E-state index contributed by atoms with van der Waals surface area (Å²) in [6.45, 7) is 2.28. The van der Waals surface area contributed by atoms with Crippen LogP contribution in [0.3, 0.4) is 0 Å². The van der Waals surface area contributed by atoms with Gasteiger partial charge in [0.15, 0.2) is 0 Å². The molecule has 2 heterocycles. The number of rotatable bonds is 10. The van der Waals surface area contributed by atoms with E-state index in [0.717, 1.165) is 22.8 Å². The Morgan fingerprint density at radius 3 is 1.85 bits per heavy atom. The van der Waals surface area contributed by atoms with Crippen molar-refractivity contribution in [1.82, 2.24) is 9.97 Å². The van der Waals surface area contributed by atoms with Crippen LogP contribution in [-0.4, -0.2) is 9.97 Å². The van der Waals surface area contributed by atoms with E-state index in [0.29, 0.717) is 0 Å². The van der Waals surface area contributed by atoms with Crippen molar-refractivity contribution in [1.29, 1.82) is 0 Å². The molecular formula is C32H34N2. The fourth-order valence-electron chi connectivity index (χ4n) is 5.04. The second-order valence-electron chi connectivity index (χ2n) is 9.52. The minimum Gasteiger partial charge on any atom is -0.256 e. The summed E-state index contributed by atoms with van der Waals surface area (Å²) in [7, 11) is 0. The lowest BCUT2D eigenvalue weighted by Gasteiger charge is -2.09. The molecule has 0 saturated heterocycles. The molecule has 0 aliphatic heterocycles. The zero-order chi connectivity index (χ0) is 23.2. The summed E-state index contributed by atoms with van der Waals surface area (Å²) < 4.78 is 0. The first-order valence-electron chi connectivity index (χ1n) is 13.0. The third-order valence-electron chi connectivity index (χ3n) is 7.02. The lowest BCUT2D eigenvalue weighted by molar-refractivity contribution is 0.575. The van der Waals surface area contributed by atoms with Crippen LogP contribution >= 0.6 is 0 Å². The third kappa shape index (κ3) is 4.97. The third-order valence-corrected chi connectivity index (χ3v) is 7.02. The summed E-state index contributed by atoms with van der Waals surface area (Å²) in [4.78, 5) is 9.70. The van der Waals surface area contributed by atoms with Crippen LogP contribution in [0.5, 0.6) is 0 Å². The highest BCUT2D eigenvalue weighted by atomic mass is 14.7. The average Bonchev–Trinajstić information content (AvgIpc) is 2.89. The van der Waals surface area contributed by atoms with Gasteiger partial charge in [0.1, 0.15) is 0 Å². The van der Waals surface area contributed by atoms with E-state index in [2.05, 4.69) is 67.6 Å². The number of nitrogens with zero attached hydrogens (tertiary/aromatic N) is 2. The van der Waals surface area contributed by atoms with Crippen molar-refractivity contribution in [3.8, 4) is 11.1 Å². The molecule has 0 unspecified atom stereocenters. The Balaban J connectivity index is 1.33. The molecule has 0 amide bonds. The van der Waals surface area contributed by atoms with Crippen LogP contribution in [0.15, 0.2) is 79.1 Å². The van der Waals surface area contributed by atoms with Crippen LogP contribution in [0, 0.1) is 0 Å². The van der Waals surface area contributed by atoms with Crippen LogP contribution in [0.25, 0.3) is 43.7 Å². The number of pyridine rings is 2. The molecule has 0 atom stereocenters. The fourth-order valence-corrected chi connectivity index (χ4v) is 5.04. The minimum absolute atomic E-state index is 1.02. The molecule has 5 rings (SSSR count). The monoisotopic (exact) mass is 446 g/mol. The number of aromatic nitrogens is 2. The molecule has 0 aliphatic rings. The fraction of sp³-hybridized carbons (Fsp3) is 0.312. The number of hydrogen-bond donors (Lipinski definition) is 0. The smallest absolute Gasteiger partial charge is 0.0715 e. The van der Waals surface area contributed by atoms with Crippen molar-refractivity contribution >= 4 is 32.6 Å². The normalized spacial score (nSPS) is 11.6. The highest BCUT2D eigenvalue weighted by Crippen LogP contribution is 2.31. The van der Waals surface area contributed by atoms with Crippen molar-refractivity contribution in [2.24, 2.45) is 0 Å². The standard InChI is InChI=1S/C32H34N2/c1-2-3-4-5-6-7-8-10-13-24-16-18-27-29-23-34-32-21-26(25-14-11-9-12-15-25)17-19-28(32)30(29)22-33-31(27)20-24/h9,11-12,14-23H,2-8,10,13H2,1H3. The van der Waals surface area contributed by atoms with Gasteiger partial charge in [-0.25, -0.2) is 0 Å². The second-order valence-corrected chi connectivity index (χ2v) is 9.52. The first kappa shape index (κ1) is 22.5. The summed E-state index contributed by atoms with van der Waals surface area (Å²) in [5.41, 5.74) is 5.89. The lowest BCUT2D eigenvalue weighted by Crippen LogP contribution is -1.90. The quantitative estimate of drug-likeness (QED) is 0.158. The van der Waals surface area contributed by atoms with E-state index in [1.165, 1.54) is 84.2 Å². The summed E-state index contributed by atoms with van der Waals surface area (Å²) >= 11 is 0. The van der Waals surface area contributed by atoms with Crippen molar-refractivity contribution < 1.29 is 0 Å². The Labute approximate surface area is 203 Å².